The van der Waals surface area contributed by atoms with Gasteiger partial charge in [-0.3, -0.25) is 4.68 Å². The van der Waals surface area contributed by atoms with E-state index in [0.29, 0.717) is 0 Å². The highest BCUT2D eigenvalue weighted by Gasteiger charge is 1.99. The highest BCUT2D eigenvalue weighted by Crippen LogP contribution is 2.08. The van der Waals surface area contributed by atoms with Crippen molar-refractivity contribution >= 4 is 11.3 Å². The van der Waals surface area contributed by atoms with Crippen LogP contribution < -0.4 is 5.32 Å². The Kier molecular flexibility index (Phi) is 3.13. The van der Waals surface area contributed by atoms with E-state index in [9.17, 15) is 0 Å². The van der Waals surface area contributed by atoms with E-state index in [1.165, 1.54) is 5.56 Å². The maximum Gasteiger partial charge on any atom is 0.107 e. The SMILES string of the molecule is Cc1csc(CNCc2cnn(C)c2)n1. The summed E-state index contributed by atoms with van der Waals surface area (Å²) in [6.07, 6.45) is 3.89. The minimum absolute atomic E-state index is 0.827. The molecule has 0 aliphatic carbocycles. The van der Waals surface area contributed by atoms with Crippen LogP contribution in [-0.2, 0) is 20.1 Å². The maximum absolute atomic E-state index is 4.38. The van der Waals surface area contributed by atoms with Gasteiger partial charge in [0.1, 0.15) is 5.01 Å². The Morgan fingerprint density at radius 1 is 1.47 bits per heavy atom. The minimum atomic E-state index is 0.827. The second-order valence-electron chi connectivity index (χ2n) is 3.51. The van der Waals surface area contributed by atoms with E-state index in [1.54, 1.807) is 11.3 Å². The molecule has 2 aromatic rings. The molecule has 0 aromatic carbocycles. The molecule has 0 saturated carbocycles. The van der Waals surface area contributed by atoms with Crippen LogP contribution in [0.25, 0.3) is 0 Å². The summed E-state index contributed by atoms with van der Waals surface area (Å²) in [5, 5.41) is 10.7. The van der Waals surface area contributed by atoms with Crippen LogP contribution in [0.1, 0.15) is 16.3 Å². The smallest absolute Gasteiger partial charge is 0.107 e. The number of hydrogen-bond acceptors (Lipinski definition) is 4. The first kappa shape index (κ1) is 10.3. The molecule has 0 aliphatic heterocycles. The summed E-state index contributed by atoms with van der Waals surface area (Å²) < 4.78 is 1.81. The molecule has 15 heavy (non-hydrogen) atoms. The molecule has 0 radical (unpaired) electrons. The summed E-state index contributed by atoms with van der Waals surface area (Å²) in [5.74, 6) is 0. The van der Waals surface area contributed by atoms with Crippen molar-refractivity contribution in [2.24, 2.45) is 7.05 Å². The largest absolute Gasteiger partial charge is 0.306 e. The molecule has 4 nitrogen and oxygen atoms in total. The van der Waals surface area contributed by atoms with E-state index < -0.39 is 0 Å². The molecule has 5 heteroatoms. The van der Waals surface area contributed by atoms with E-state index in [4.69, 9.17) is 0 Å². The Morgan fingerprint density at radius 2 is 2.33 bits per heavy atom. The Morgan fingerprint density at radius 3 is 2.93 bits per heavy atom. The molecule has 0 fully saturated rings. The minimum Gasteiger partial charge on any atom is -0.306 e. The molecule has 2 heterocycles. The Labute approximate surface area is 93.0 Å². The van der Waals surface area contributed by atoms with Gasteiger partial charge in [-0.05, 0) is 6.92 Å². The average molecular weight is 222 g/mol. The van der Waals surface area contributed by atoms with Crippen LogP contribution in [0.4, 0.5) is 0 Å². The lowest BCUT2D eigenvalue weighted by Gasteiger charge is -1.98. The van der Waals surface area contributed by atoms with Crippen molar-refractivity contribution in [1.82, 2.24) is 20.1 Å². The molecule has 1 N–H and O–H groups in total. The first-order chi connectivity index (χ1) is 7.24. The molecular formula is C10H14N4S. The highest BCUT2D eigenvalue weighted by atomic mass is 32.1. The Bertz CT molecular complexity index is 392. The van der Waals surface area contributed by atoms with Gasteiger partial charge in [0.2, 0.25) is 0 Å². The molecule has 2 rings (SSSR count). The number of hydrogen-bond donors (Lipinski definition) is 1. The third-order valence-electron chi connectivity index (χ3n) is 2.03. The van der Waals surface area contributed by atoms with Gasteiger partial charge < -0.3 is 5.32 Å². The summed E-state index contributed by atoms with van der Waals surface area (Å²) in [5.41, 5.74) is 2.30. The fourth-order valence-corrected chi connectivity index (χ4v) is 2.10. The number of thiazole rings is 1. The molecule has 0 saturated heterocycles. The van der Waals surface area contributed by atoms with Crippen LogP contribution in [0.15, 0.2) is 17.8 Å². The molecule has 0 bridgehead atoms. The van der Waals surface area contributed by atoms with Crippen LogP contribution in [0, 0.1) is 6.92 Å². The van der Waals surface area contributed by atoms with E-state index in [-0.39, 0.29) is 0 Å². The number of rotatable bonds is 4. The summed E-state index contributed by atoms with van der Waals surface area (Å²) in [6, 6.07) is 0. The summed E-state index contributed by atoms with van der Waals surface area (Å²) in [7, 11) is 1.92. The zero-order chi connectivity index (χ0) is 10.7. The predicted octanol–water partition coefficient (Wildman–Crippen LogP) is 1.47. The van der Waals surface area contributed by atoms with Crippen molar-refractivity contribution in [2.75, 3.05) is 0 Å². The topological polar surface area (TPSA) is 42.7 Å². The zero-order valence-corrected chi connectivity index (χ0v) is 9.71. The normalized spacial score (nSPS) is 10.8. The van der Waals surface area contributed by atoms with Gasteiger partial charge in [-0.2, -0.15) is 5.10 Å². The summed E-state index contributed by atoms with van der Waals surface area (Å²) in [6.45, 7) is 3.68. The van der Waals surface area contributed by atoms with Gasteiger partial charge >= 0.3 is 0 Å². The summed E-state index contributed by atoms with van der Waals surface area (Å²) in [4.78, 5) is 4.38. The second-order valence-corrected chi connectivity index (χ2v) is 4.45. The van der Waals surface area contributed by atoms with E-state index >= 15 is 0 Å². The molecule has 2 aromatic heterocycles. The first-order valence-electron chi connectivity index (χ1n) is 4.83. The van der Waals surface area contributed by atoms with Crippen LogP contribution in [0.5, 0.6) is 0 Å². The van der Waals surface area contributed by atoms with Crippen molar-refractivity contribution < 1.29 is 0 Å². The van der Waals surface area contributed by atoms with Crippen LogP contribution >= 0.6 is 11.3 Å². The Hall–Kier alpha value is -1.20. The number of aromatic nitrogens is 3. The lowest BCUT2D eigenvalue weighted by atomic mass is 10.3. The van der Waals surface area contributed by atoms with Crippen molar-refractivity contribution in [3.05, 3.63) is 34.0 Å². The second kappa shape index (κ2) is 4.55. The van der Waals surface area contributed by atoms with Gasteiger partial charge in [0.25, 0.3) is 0 Å². The molecule has 0 spiro atoms. The predicted molar refractivity (Wildman–Crippen MR) is 60.6 cm³/mol. The highest BCUT2D eigenvalue weighted by molar-refractivity contribution is 7.09. The lowest BCUT2D eigenvalue weighted by Crippen LogP contribution is -2.12. The van der Waals surface area contributed by atoms with E-state index in [2.05, 4.69) is 20.8 Å². The maximum atomic E-state index is 4.38. The average Bonchev–Trinajstić information content (AvgIpc) is 2.76. The van der Waals surface area contributed by atoms with E-state index in [1.807, 2.05) is 31.0 Å². The fraction of sp³-hybridized carbons (Fsp3) is 0.400. The van der Waals surface area contributed by atoms with Gasteiger partial charge in [-0.25, -0.2) is 4.98 Å². The van der Waals surface area contributed by atoms with Crippen LogP contribution in [-0.4, -0.2) is 14.8 Å². The number of nitrogens with one attached hydrogen (secondary N) is 1. The van der Waals surface area contributed by atoms with E-state index in [0.717, 1.165) is 23.8 Å². The summed E-state index contributed by atoms with van der Waals surface area (Å²) >= 11 is 1.70. The van der Waals surface area contributed by atoms with Crippen LogP contribution in [0.2, 0.25) is 0 Å². The lowest BCUT2D eigenvalue weighted by molar-refractivity contribution is 0.687. The molecule has 0 aliphatic rings. The standard InChI is InChI=1S/C10H14N4S/c1-8-7-15-10(13-8)5-11-3-9-4-12-14(2)6-9/h4,6-7,11H,3,5H2,1-2H3. The van der Waals surface area contributed by atoms with Gasteiger partial charge in [0, 0.05) is 43.0 Å². The van der Waals surface area contributed by atoms with Crippen LogP contribution in [0.3, 0.4) is 0 Å². The molecule has 0 unspecified atom stereocenters. The third kappa shape index (κ3) is 2.87. The van der Waals surface area contributed by atoms with Crippen molar-refractivity contribution in [1.29, 1.82) is 0 Å². The van der Waals surface area contributed by atoms with Crippen molar-refractivity contribution in [3.8, 4) is 0 Å². The van der Waals surface area contributed by atoms with Crippen molar-refractivity contribution in [3.63, 3.8) is 0 Å². The monoisotopic (exact) mass is 222 g/mol. The quantitative estimate of drug-likeness (QED) is 0.852. The number of aryl methyl sites for hydroxylation is 2. The van der Waals surface area contributed by atoms with Gasteiger partial charge in [-0.1, -0.05) is 0 Å². The van der Waals surface area contributed by atoms with Gasteiger partial charge in [-0.15, -0.1) is 11.3 Å². The molecule has 80 valence electrons. The molecule has 0 amide bonds. The fourth-order valence-electron chi connectivity index (χ4n) is 1.36. The zero-order valence-electron chi connectivity index (χ0n) is 8.90. The third-order valence-corrected chi connectivity index (χ3v) is 3.00. The van der Waals surface area contributed by atoms with Gasteiger partial charge in [0.15, 0.2) is 0 Å². The molecule has 0 atom stereocenters. The van der Waals surface area contributed by atoms with Gasteiger partial charge in [0.05, 0.1) is 6.20 Å². The van der Waals surface area contributed by atoms with Crippen molar-refractivity contribution in [2.45, 2.75) is 20.0 Å². The molecular weight excluding hydrogens is 208 g/mol. The Balaban J connectivity index is 1.80. The first-order valence-corrected chi connectivity index (χ1v) is 5.71. The number of nitrogens with zero attached hydrogens (tertiary/aromatic N) is 3.